The van der Waals surface area contributed by atoms with Crippen molar-refractivity contribution >= 4 is 11.6 Å². The van der Waals surface area contributed by atoms with Crippen molar-refractivity contribution in [3.8, 4) is 11.5 Å². The van der Waals surface area contributed by atoms with E-state index in [9.17, 15) is 5.11 Å². The standard InChI is InChI=1S/C26H37ClN2O3/c1-20-17-22(7-10-25(20)32-19-23(30)18-27)26(2,3)21-5-8-24(9-6-21)31-16-4-13-29-14-11-28-12-15-29/h5-10,17,23,28,30H,4,11-16,18-19H2,1-3H3. The number of nitrogens with zero attached hydrogens (tertiary/aromatic N) is 1. The number of aryl methyl sites for hydroxylation is 1. The molecule has 3 rings (SSSR count). The summed E-state index contributed by atoms with van der Waals surface area (Å²) >= 11 is 5.65. The van der Waals surface area contributed by atoms with Crippen LogP contribution < -0.4 is 14.8 Å². The molecular formula is C26H37ClN2O3. The third-order valence-corrected chi connectivity index (χ3v) is 6.54. The summed E-state index contributed by atoms with van der Waals surface area (Å²) in [6.45, 7) is 12.9. The number of hydrogen-bond acceptors (Lipinski definition) is 5. The van der Waals surface area contributed by atoms with E-state index in [1.54, 1.807) is 0 Å². The average molecular weight is 461 g/mol. The lowest BCUT2D eigenvalue weighted by Gasteiger charge is -2.27. The molecule has 0 aliphatic carbocycles. The molecule has 1 aliphatic heterocycles. The van der Waals surface area contributed by atoms with Crippen LogP contribution in [0.2, 0.25) is 0 Å². The smallest absolute Gasteiger partial charge is 0.122 e. The maximum atomic E-state index is 9.62. The second-order valence-electron chi connectivity index (χ2n) is 9.04. The van der Waals surface area contributed by atoms with Crippen molar-refractivity contribution < 1.29 is 14.6 Å². The molecule has 32 heavy (non-hydrogen) atoms. The number of rotatable bonds is 11. The number of hydrogen-bond donors (Lipinski definition) is 2. The van der Waals surface area contributed by atoms with E-state index in [2.05, 4.69) is 60.5 Å². The molecular weight excluding hydrogens is 424 g/mol. The van der Waals surface area contributed by atoms with Gasteiger partial charge in [-0.3, -0.25) is 0 Å². The number of alkyl halides is 1. The summed E-state index contributed by atoms with van der Waals surface area (Å²) in [7, 11) is 0. The summed E-state index contributed by atoms with van der Waals surface area (Å²) in [6.07, 6.45) is 0.387. The van der Waals surface area contributed by atoms with Gasteiger partial charge in [-0.1, -0.05) is 38.1 Å². The summed E-state index contributed by atoms with van der Waals surface area (Å²) in [5.74, 6) is 1.86. The summed E-state index contributed by atoms with van der Waals surface area (Å²) in [5, 5.41) is 13.0. The van der Waals surface area contributed by atoms with Crippen molar-refractivity contribution in [2.45, 2.75) is 38.7 Å². The molecule has 0 amide bonds. The minimum Gasteiger partial charge on any atom is -0.494 e. The number of nitrogens with one attached hydrogen (secondary N) is 1. The normalized spacial score (nSPS) is 16.0. The maximum absolute atomic E-state index is 9.62. The Kier molecular flexibility index (Phi) is 9.23. The van der Waals surface area contributed by atoms with E-state index in [0.717, 1.165) is 62.8 Å². The highest BCUT2D eigenvalue weighted by Crippen LogP contribution is 2.34. The van der Waals surface area contributed by atoms with Crippen molar-refractivity contribution in [1.29, 1.82) is 0 Å². The number of aliphatic hydroxyl groups excluding tert-OH is 1. The Morgan fingerprint density at radius 2 is 1.75 bits per heavy atom. The highest BCUT2D eigenvalue weighted by molar-refractivity contribution is 6.18. The largest absolute Gasteiger partial charge is 0.494 e. The number of benzene rings is 2. The van der Waals surface area contributed by atoms with Gasteiger partial charge in [0.2, 0.25) is 0 Å². The van der Waals surface area contributed by atoms with Crippen molar-refractivity contribution in [1.82, 2.24) is 10.2 Å². The van der Waals surface area contributed by atoms with Gasteiger partial charge in [-0.05, 0) is 48.2 Å². The molecule has 0 aromatic heterocycles. The zero-order valence-electron chi connectivity index (χ0n) is 19.6. The molecule has 0 spiro atoms. The van der Waals surface area contributed by atoms with E-state index in [0.29, 0.717) is 0 Å². The molecule has 176 valence electrons. The second-order valence-corrected chi connectivity index (χ2v) is 9.35. The minimum atomic E-state index is -0.657. The Bertz CT molecular complexity index is 835. The average Bonchev–Trinajstić information content (AvgIpc) is 2.81. The summed E-state index contributed by atoms with van der Waals surface area (Å²) < 4.78 is 11.7. The first-order valence-electron chi connectivity index (χ1n) is 11.5. The molecule has 0 bridgehead atoms. The molecule has 1 saturated heterocycles. The van der Waals surface area contributed by atoms with Gasteiger partial charge in [-0.2, -0.15) is 0 Å². The Balaban J connectivity index is 1.55. The Morgan fingerprint density at radius 1 is 1.06 bits per heavy atom. The molecule has 2 aromatic carbocycles. The number of ether oxygens (including phenoxy) is 2. The van der Waals surface area contributed by atoms with Gasteiger partial charge < -0.3 is 24.8 Å². The third-order valence-electron chi connectivity index (χ3n) is 6.18. The van der Waals surface area contributed by atoms with Gasteiger partial charge in [-0.15, -0.1) is 11.6 Å². The van der Waals surface area contributed by atoms with Crippen LogP contribution in [0.1, 0.15) is 37.0 Å². The number of aliphatic hydroxyl groups is 1. The van der Waals surface area contributed by atoms with E-state index in [1.807, 2.05) is 13.0 Å². The molecule has 5 nitrogen and oxygen atoms in total. The third kappa shape index (κ3) is 6.85. The lowest BCUT2D eigenvalue weighted by atomic mass is 9.77. The fourth-order valence-corrected chi connectivity index (χ4v) is 4.07. The summed E-state index contributed by atoms with van der Waals surface area (Å²) in [4.78, 5) is 2.49. The van der Waals surface area contributed by atoms with Crippen molar-refractivity contribution in [3.63, 3.8) is 0 Å². The van der Waals surface area contributed by atoms with Gasteiger partial charge >= 0.3 is 0 Å². The predicted octanol–water partition coefficient (Wildman–Crippen LogP) is 3.97. The first-order chi connectivity index (χ1) is 15.4. The fourth-order valence-electron chi connectivity index (χ4n) is 3.98. The summed E-state index contributed by atoms with van der Waals surface area (Å²) in [6, 6.07) is 14.7. The quantitative estimate of drug-likeness (QED) is 0.392. The Hall–Kier alpha value is -1.79. The molecule has 1 heterocycles. The maximum Gasteiger partial charge on any atom is 0.122 e. The van der Waals surface area contributed by atoms with Gasteiger partial charge in [0.25, 0.3) is 0 Å². The fraction of sp³-hybridized carbons (Fsp3) is 0.538. The highest BCUT2D eigenvalue weighted by atomic mass is 35.5. The van der Waals surface area contributed by atoms with Crippen molar-refractivity contribution in [2.24, 2.45) is 0 Å². The van der Waals surface area contributed by atoms with Gasteiger partial charge in [0, 0.05) is 38.1 Å². The van der Waals surface area contributed by atoms with Crippen LogP contribution in [-0.4, -0.2) is 67.9 Å². The Morgan fingerprint density at radius 3 is 2.41 bits per heavy atom. The molecule has 6 heteroatoms. The first kappa shape index (κ1) is 24.8. The van der Waals surface area contributed by atoms with Crippen LogP contribution in [-0.2, 0) is 5.41 Å². The van der Waals surface area contributed by atoms with Crippen molar-refractivity contribution in [3.05, 3.63) is 59.2 Å². The molecule has 0 radical (unpaired) electrons. The Labute approximate surface area is 197 Å². The van der Waals surface area contributed by atoms with Gasteiger partial charge in [0.15, 0.2) is 0 Å². The van der Waals surface area contributed by atoms with E-state index in [4.69, 9.17) is 21.1 Å². The topological polar surface area (TPSA) is 54.0 Å². The predicted molar refractivity (Wildman–Crippen MR) is 131 cm³/mol. The van der Waals surface area contributed by atoms with Crippen LogP contribution >= 0.6 is 11.6 Å². The number of piperazine rings is 1. The van der Waals surface area contributed by atoms with E-state index in [-0.39, 0.29) is 17.9 Å². The molecule has 1 aliphatic rings. The zero-order valence-corrected chi connectivity index (χ0v) is 20.3. The first-order valence-corrected chi connectivity index (χ1v) is 12.1. The summed E-state index contributed by atoms with van der Waals surface area (Å²) in [5.41, 5.74) is 3.34. The minimum absolute atomic E-state index is 0.153. The van der Waals surface area contributed by atoms with E-state index in [1.165, 1.54) is 11.1 Å². The molecule has 1 atom stereocenters. The number of halogens is 1. The zero-order chi connectivity index (χ0) is 23.0. The van der Waals surface area contributed by atoms with Crippen molar-refractivity contribution in [2.75, 3.05) is 51.8 Å². The van der Waals surface area contributed by atoms with Crippen LogP contribution in [0.3, 0.4) is 0 Å². The lowest BCUT2D eigenvalue weighted by Crippen LogP contribution is -2.43. The molecule has 2 N–H and O–H groups in total. The van der Waals surface area contributed by atoms with Crippen LogP contribution in [0.5, 0.6) is 11.5 Å². The second kappa shape index (κ2) is 11.9. The molecule has 2 aromatic rings. The molecule has 1 fully saturated rings. The van der Waals surface area contributed by atoms with Crippen LogP contribution in [0.25, 0.3) is 0 Å². The highest BCUT2D eigenvalue weighted by Gasteiger charge is 2.24. The van der Waals surface area contributed by atoms with Gasteiger partial charge in [-0.25, -0.2) is 0 Å². The SMILES string of the molecule is Cc1cc(C(C)(C)c2ccc(OCCCN3CCNCC3)cc2)ccc1OCC(O)CCl. The van der Waals surface area contributed by atoms with Crippen LogP contribution in [0.4, 0.5) is 0 Å². The van der Waals surface area contributed by atoms with E-state index < -0.39 is 6.10 Å². The van der Waals surface area contributed by atoms with E-state index >= 15 is 0 Å². The monoisotopic (exact) mass is 460 g/mol. The van der Waals surface area contributed by atoms with Crippen LogP contribution in [0.15, 0.2) is 42.5 Å². The van der Waals surface area contributed by atoms with Gasteiger partial charge in [0.1, 0.15) is 24.2 Å². The van der Waals surface area contributed by atoms with Crippen LogP contribution in [0, 0.1) is 6.92 Å². The lowest BCUT2D eigenvalue weighted by molar-refractivity contribution is 0.125. The molecule has 1 unspecified atom stereocenters. The van der Waals surface area contributed by atoms with Gasteiger partial charge in [0.05, 0.1) is 12.5 Å². The molecule has 0 saturated carbocycles.